The summed E-state index contributed by atoms with van der Waals surface area (Å²) in [6, 6.07) is 10.3. The lowest BCUT2D eigenvalue weighted by atomic mass is 10.0. The first-order chi connectivity index (χ1) is 10.0. The quantitative estimate of drug-likeness (QED) is 0.760. The van der Waals surface area contributed by atoms with Crippen LogP contribution in [0.3, 0.4) is 0 Å². The fourth-order valence-electron chi connectivity index (χ4n) is 2.11. The van der Waals surface area contributed by atoms with Crippen molar-refractivity contribution < 1.29 is 9.13 Å². The largest absolute Gasteiger partial charge is 0.494 e. The Morgan fingerprint density at radius 1 is 1.14 bits per heavy atom. The molecule has 2 nitrogen and oxygen atoms in total. The second-order valence-electron chi connectivity index (χ2n) is 4.63. The monoisotopic (exact) mass is 327 g/mol. The molecule has 2 aromatic rings. The fourth-order valence-corrected chi connectivity index (χ4v) is 2.41. The summed E-state index contributed by atoms with van der Waals surface area (Å²) in [6.07, 6.45) is 0.825. The molecule has 112 valence electrons. The summed E-state index contributed by atoms with van der Waals surface area (Å²) in [4.78, 5) is 0. The zero-order chi connectivity index (χ0) is 15.4. The molecule has 0 amide bonds. The van der Waals surface area contributed by atoms with Gasteiger partial charge in [-0.15, -0.1) is 0 Å². The maximum atomic E-state index is 13.7. The summed E-state index contributed by atoms with van der Waals surface area (Å²) in [5.41, 5.74) is 1.69. The number of halogens is 3. The molecule has 0 saturated carbocycles. The summed E-state index contributed by atoms with van der Waals surface area (Å²) in [5.74, 6) is -0.172. The lowest BCUT2D eigenvalue weighted by molar-refractivity contribution is 0.386. The fraction of sp³-hybridized carbons (Fsp3) is 0.250. The van der Waals surface area contributed by atoms with Crippen molar-refractivity contribution in [1.29, 1.82) is 0 Å². The zero-order valence-electron chi connectivity index (χ0n) is 11.8. The average Bonchev–Trinajstić information content (AvgIpc) is 2.48. The Bertz CT molecular complexity index is 634. The van der Waals surface area contributed by atoms with Gasteiger partial charge in [0.1, 0.15) is 0 Å². The molecular formula is C16H16Cl2FNO. The Morgan fingerprint density at radius 2 is 1.90 bits per heavy atom. The standard InChI is InChI=1S/C16H16Cl2FNO/c1-3-15(10-4-6-12(17)13(18)8-10)20-11-5-7-16(21-2)14(19)9-11/h4-9,15,20H,3H2,1-2H3. The molecule has 0 heterocycles. The van der Waals surface area contributed by atoms with E-state index in [-0.39, 0.29) is 11.8 Å². The molecule has 21 heavy (non-hydrogen) atoms. The van der Waals surface area contributed by atoms with Crippen molar-refractivity contribution in [1.82, 2.24) is 0 Å². The molecule has 1 unspecified atom stereocenters. The van der Waals surface area contributed by atoms with Crippen molar-refractivity contribution in [2.24, 2.45) is 0 Å². The summed E-state index contributed by atoms with van der Waals surface area (Å²) in [5, 5.41) is 4.32. The van der Waals surface area contributed by atoms with Crippen molar-refractivity contribution in [3.05, 3.63) is 57.8 Å². The second-order valence-corrected chi connectivity index (χ2v) is 5.44. The van der Waals surface area contributed by atoms with Gasteiger partial charge in [0.15, 0.2) is 11.6 Å². The van der Waals surface area contributed by atoms with Gasteiger partial charge in [-0.1, -0.05) is 36.2 Å². The van der Waals surface area contributed by atoms with Gasteiger partial charge in [0.05, 0.1) is 23.2 Å². The third-order valence-electron chi connectivity index (χ3n) is 3.25. The minimum absolute atomic E-state index is 0.0209. The Labute approximate surface area is 133 Å². The highest BCUT2D eigenvalue weighted by Crippen LogP contribution is 2.30. The zero-order valence-corrected chi connectivity index (χ0v) is 13.3. The van der Waals surface area contributed by atoms with E-state index in [1.807, 2.05) is 19.1 Å². The van der Waals surface area contributed by atoms with Crippen LogP contribution in [0.15, 0.2) is 36.4 Å². The molecule has 0 saturated heterocycles. The minimum Gasteiger partial charge on any atom is -0.494 e. The van der Waals surface area contributed by atoms with Crippen LogP contribution in [0.1, 0.15) is 24.9 Å². The molecule has 0 aliphatic rings. The maximum absolute atomic E-state index is 13.7. The van der Waals surface area contributed by atoms with E-state index < -0.39 is 5.82 Å². The lowest BCUT2D eigenvalue weighted by Crippen LogP contribution is -2.10. The number of ether oxygens (including phenoxy) is 1. The van der Waals surface area contributed by atoms with Crippen LogP contribution in [0.5, 0.6) is 5.75 Å². The Kier molecular flexibility index (Phi) is 5.32. The number of rotatable bonds is 5. The number of benzene rings is 2. The Hall–Kier alpha value is -1.45. The van der Waals surface area contributed by atoms with Crippen LogP contribution in [0, 0.1) is 5.82 Å². The normalized spacial score (nSPS) is 12.0. The highest BCUT2D eigenvalue weighted by atomic mass is 35.5. The van der Waals surface area contributed by atoms with Crippen molar-refractivity contribution in [2.75, 3.05) is 12.4 Å². The van der Waals surface area contributed by atoms with Crippen LogP contribution in [-0.4, -0.2) is 7.11 Å². The molecule has 1 atom stereocenters. The molecule has 2 aromatic carbocycles. The van der Waals surface area contributed by atoms with Crippen LogP contribution in [0.4, 0.5) is 10.1 Å². The first kappa shape index (κ1) is 15.9. The van der Waals surface area contributed by atoms with E-state index in [4.69, 9.17) is 27.9 Å². The van der Waals surface area contributed by atoms with Gasteiger partial charge in [0, 0.05) is 11.8 Å². The number of hydrogen-bond donors (Lipinski definition) is 1. The van der Waals surface area contributed by atoms with Crippen LogP contribution in [0.25, 0.3) is 0 Å². The molecular weight excluding hydrogens is 312 g/mol. The molecule has 0 spiro atoms. The van der Waals surface area contributed by atoms with Gasteiger partial charge in [-0.05, 0) is 36.2 Å². The van der Waals surface area contributed by atoms with E-state index in [0.29, 0.717) is 15.7 Å². The third kappa shape index (κ3) is 3.80. The highest BCUT2D eigenvalue weighted by Gasteiger charge is 2.12. The number of hydrogen-bond acceptors (Lipinski definition) is 2. The minimum atomic E-state index is -0.397. The van der Waals surface area contributed by atoms with E-state index in [2.05, 4.69) is 5.32 Å². The summed E-state index contributed by atoms with van der Waals surface area (Å²) < 4.78 is 18.6. The van der Waals surface area contributed by atoms with Crippen molar-refractivity contribution in [3.8, 4) is 5.75 Å². The SMILES string of the molecule is CCC(Nc1ccc(OC)c(F)c1)c1ccc(Cl)c(Cl)c1. The molecule has 0 aliphatic carbocycles. The Balaban J connectivity index is 2.22. The predicted octanol–water partition coefficient (Wildman–Crippen LogP) is 5.70. The molecule has 0 aromatic heterocycles. The van der Waals surface area contributed by atoms with Gasteiger partial charge in [-0.2, -0.15) is 0 Å². The van der Waals surface area contributed by atoms with E-state index >= 15 is 0 Å². The molecule has 0 aliphatic heterocycles. The van der Waals surface area contributed by atoms with E-state index in [1.54, 1.807) is 18.2 Å². The van der Waals surface area contributed by atoms with Crippen LogP contribution in [-0.2, 0) is 0 Å². The lowest BCUT2D eigenvalue weighted by Gasteiger charge is -2.19. The topological polar surface area (TPSA) is 21.3 Å². The summed E-state index contributed by atoms with van der Waals surface area (Å²) in [6.45, 7) is 2.04. The first-order valence-corrected chi connectivity index (χ1v) is 7.35. The van der Waals surface area contributed by atoms with E-state index in [1.165, 1.54) is 13.2 Å². The molecule has 0 radical (unpaired) electrons. The molecule has 0 bridgehead atoms. The molecule has 2 rings (SSSR count). The molecule has 5 heteroatoms. The number of methoxy groups -OCH3 is 1. The maximum Gasteiger partial charge on any atom is 0.167 e. The van der Waals surface area contributed by atoms with Gasteiger partial charge in [0.25, 0.3) is 0 Å². The molecule has 0 fully saturated rings. The van der Waals surface area contributed by atoms with E-state index in [0.717, 1.165) is 12.0 Å². The van der Waals surface area contributed by atoms with E-state index in [9.17, 15) is 4.39 Å². The Morgan fingerprint density at radius 3 is 2.48 bits per heavy atom. The third-order valence-corrected chi connectivity index (χ3v) is 3.99. The molecule has 1 N–H and O–H groups in total. The van der Waals surface area contributed by atoms with Gasteiger partial charge in [-0.25, -0.2) is 4.39 Å². The van der Waals surface area contributed by atoms with Crippen molar-refractivity contribution >= 4 is 28.9 Å². The first-order valence-electron chi connectivity index (χ1n) is 6.60. The van der Waals surface area contributed by atoms with Crippen LogP contribution < -0.4 is 10.1 Å². The number of anilines is 1. The van der Waals surface area contributed by atoms with Gasteiger partial charge < -0.3 is 10.1 Å². The average molecular weight is 328 g/mol. The second kappa shape index (κ2) is 7.01. The van der Waals surface area contributed by atoms with Crippen LogP contribution >= 0.6 is 23.2 Å². The van der Waals surface area contributed by atoms with Crippen molar-refractivity contribution in [2.45, 2.75) is 19.4 Å². The van der Waals surface area contributed by atoms with Gasteiger partial charge >= 0.3 is 0 Å². The van der Waals surface area contributed by atoms with Crippen LogP contribution in [0.2, 0.25) is 10.0 Å². The smallest absolute Gasteiger partial charge is 0.167 e. The van der Waals surface area contributed by atoms with Gasteiger partial charge in [0.2, 0.25) is 0 Å². The summed E-state index contributed by atoms with van der Waals surface area (Å²) in [7, 11) is 1.44. The predicted molar refractivity (Wildman–Crippen MR) is 86.1 cm³/mol. The summed E-state index contributed by atoms with van der Waals surface area (Å²) >= 11 is 12.0. The highest BCUT2D eigenvalue weighted by molar-refractivity contribution is 6.42. The van der Waals surface area contributed by atoms with Gasteiger partial charge in [-0.3, -0.25) is 0 Å². The number of nitrogens with one attached hydrogen (secondary N) is 1. The van der Waals surface area contributed by atoms with Crippen molar-refractivity contribution in [3.63, 3.8) is 0 Å².